The Bertz CT molecular complexity index is 666. The number of halogens is 2. The van der Waals surface area contributed by atoms with Gasteiger partial charge in [-0.1, -0.05) is 40.7 Å². The van der Waals surface area contributed by atoms with E-state index in [1.807, 2.05) is 24.3 Å². The molecule has 5 heteroatoms. The molecule has 0 bridgehead atoms. The van der Waals surface area contributed by atoms with Gasteiger partial charge in [-0.25, -0.2) is 4.79 Å². The summed E-state index contributed by atoms with van der Waals surface area (Å²) in [5.74, 6) is 0.281. The van der Waals surface area contributed by atoms with Crippen LogP contribution in [-0.4, -0.2) is 12.6 Å². The van der Waals surface area contributed by atoms with Crippen LogP contribution in [0, 0.1) is 0 Å². The van der Waals surface area contributed by atoms with Crippen LogP contribution in [0.2, 0.25) is 0 Å². The summed E-state index contributed by atoms with van der Waals surface area (Å²) in [5.41, 5.74) is 1.52. The van der Waals surface area contributed by atoms with Gasteiger partial charge in [-0.05, 0) is 51.8 Å². The number of hydrogen-bond acceptors (Lipinski definition) is 3. The van der Waals surface area contributed by atoms with Crippen molar-refractivity contribution >= 4 is 37.8 Å². The summed E-state index contributed by atoms with van der Waals surface area (Å²) in [6, 6.07) is 13.0. The van der Waals surface area contributed by atoms with Crippen LogP contribution in [0.3, 0.4) is 0 Å². The first-order valence-electron chi connectivity index (χ1n) is 6.55. The highest BCUT2D eigenvalue weighted by Gasteiger charge is 2.10. The van der Waals surface area contributed by atoms with Crippen molar-refractivity contribution in [3.05, 3.63) is 75.2 Å². The van der Waals surface area contributed by atoms with Gasteiger partial charge in [0.1, 0.15) is 19.0 Å². The molecular formula is C17H14Br2O3. The van der Waals surface area contributed by atoms with E-state index in [1.165, 1.54) is 6.08 Å². The molecule has 0 saturated heterocycles. The Hall–Kier alpha value is -1.59. The maximum Gasteiger partial charge on any atom is 0.338 e. The summed E-state index contributed by atoms with van der Waals surface area (Å²) in [5, 5.41) is 0. The molecule has 0 aromatic heterocycles. The van der Waals surface area contributed by atoms with Crippen molar-refractivity contribution in [1.82, 2.24) is 0 Å². The predicted molar refractivity (Wildman–Crippen MR) is 93.1 cm³/mol. The van der Waals surface area contributed by atoms with E-state index < -0.39 is 0 Å². The van der Waals surface area contributed by atoms with Crippen molar-refractivity contribution in [3.63, 3.8) is 0 Å². The van der Waals surface area contributed by atoms with Crippen LogP contribution in [0.4, 0.5) is 0 Å². The van der Waals surface area contributed by atoms with Gasteiger partial charge in [0.2, 0.25) is 0 Å². The highest BCUT2D eigenvalue weighted by atomic mass is 79.9. The molecule has 114 valence electrons. The average molecular weight is 426 g/mol. The van der Waals surface area contributed by atoms with Gasteiger partial charge in [-0.2, -0.15) is 0 Å². The van der Waals surface area contributed by atoms with Gasteiger partial charge in [-0.15, -0.1) is 0 Å². The first-order chi connectivity index (χ1) is 10.6. The molecule has 2 aromatic carbocycles. The van der Waals surface area contributed by atoms with Gasteiger partial charge in [0.25, 0.3) is 0 Å². The molecule has 22 heavy (non-hydrogen) atoms. The third kappa shape index (κ3) is 4.71. The minimum Gasteiger partial charge on any atom is -0.488 e. The van der Waals surface area contributed by atoms with Gasteiger partial charge in [0, 0.05) is 4.47 Å². The molecule has 0 fully saturated rings. The molecule has 0 amide bonds. The Morgan fingerprint density at radius 2 is 1.86 bits per heavy atom. The summed E-state index contributed by atoms with van der Waals surface area (Å²) in [4.78, 5) is 11.7. The van der Waals surface area contributed by atoms with E-state index in [1.54, 1.807) is 18.2 Å². The molecule has 3 nitrogen and oxygen atoms in total. The van der Waals surface area contributed by atoms with Crippen molar-refractivity contribution in [2.45, 2.75) is 6.61 Å². The van der Waals surface area contributed by atoms with Crippen molar-refractivity contribution in [3.8, 4) is 5.75 Å². The second kappa shape index (κ2) is 8.15. The fraction of sp³-hybridized carbons (Fsp3) is 0.118. The third-order valence-corrected chi connectivity index (χ3v) is 3.96. The van der Waals surface area contributed by atoms with Crippen molar-refractivity contribution in [2.75, 3.05) is 6.61 Å². The molecule has 0 aliphatic heterocycles. The number of esters is 1. The molecule has 0 aliphatic carbocycles. The first-order valence-corrected chi connectivity index (χ1v) is 8.13. The van der Waals surface area contributed by atoms with Crippen molar-refractivity contribution in [1.29, 1.82) is 0 Å². The van der Waals surface area contributed by atoms with Gasteiger partial charge in [0.05, 0.1) is 10.0 Å². The number of ether oxygens (including phenoxy) is 2. The summed E-state index contributed by atoms with van der Waals surface area (Å²) < 4.78 is 12.5. The smallest absolute Gasteiger partial charge is 0.338 e. The lowest BCUT2D eigenvalue weighted by Crippen LogP contribution is -2.05. The zero-order valence-electron chi connectivity index (χ0n) is 11.7. The lowest BCUT2D eigenvalue weighted by atomic mass is 10.2. The predicted octanol–water partition coefficient (Wildman–Crippen LogP) is 5.13. The molecular weight excluding hydrogens is 412 g/mol. The third-order valence-electron chi connectivity index (χ3n) is 2.81. The van der Waals surface area contributed by atoms with Crippen LogP contribution in [0.25, 0.3) is 0 Å². The van der Waals surface area contributed by atoms with E-state index in [9.17, 15) is 4.79 Å². The Balaban J connectivity index is 2.01. The number of carbonyl (C=O) groups excluding carboxylic acids is 1. The zero-order chi connectivity index (χ0) is 15.9. The summed E-state index contributed by atoms with van der Waals surface area (Å²) in [7, 11) is 0. The van der Waals surface area contributed by atoms with E-state index in [0.717, 1.165) is 10.0 Å². The van der Waals surface area contributed by atoms with Crippen LogP contribution in [0.15, 0.2) is 64.1 Å². The quantitative estimate of drug-likeness (QED) is 0.475. The van der Waals surface area contributed by atoms with Crippen LogP contribution in [-0.2, 0) is 11.3 Å². The van der Waals surface area contributed by atoms with E-state index in [4.69, 9.17) is 9.47 Å². The highest BCUT2D eigenvalue weighted by Crippen LogP contribution is 2.27. The molecule has 0 N–H and O–H groups in total. The van der Waals surface area contributed by atoms with Crippen LogP contribution in [0.5, 0.6) is 5.75 Å². The van der Waals surface area contributed by atoms with Crippen LogP contribution in [0.1, 0.15) is 15.9 Å². The minimum absolute atomic E-state index is 0.193. The fourth-order valence-electron chi connectivity index (χ4n) is 1.70. The Morgan fingerprint density at radius 1 is 1.14 bits per heavy atom. The normalized spacial score (nSPS) is 10.1. The van der Waals surface area contributed by atoms with E-state index in [2.05, 4.69) is 38.4 Å². The molecule has 0 spiro atoms. The van der Waals surface area contributed by atoms with Crippen LogP contribution < -0.4 is 4.74 Å². The van der Waals surface area contributed by atoms with Crippen molar-refractivity contribution < 1.29 is 14.3 Å². The second-order valence-corrected chi connectivity index (χ2v) is 6.22. The first kappa shape index (κ1) is 16.8. The molecule has 0 saturated carbocycles. The Kier molecular flexibility index (Phi) is 6.21. The highest BCUT2D eigenvalue weighted by molar-refractivity contribution is 9.10. The summed E-state index contributed by atoms with van der Waals surface area (Å²) in [6.45, 7) is 4.15. The molecule has 2 aromatic rings. The number of benzene rings is 2. The van der Waals surface area contributed by atoms with Gasteiger partial charge >= 0.3 is 5.97 Å². The molecule has 0 atom stereocenters. The lowest BCUT2D eigenvalue weighted by molar-refractivity contribution is 0.0549. The SMILES string of the molecule is C=CCOC(=O)c1ccc(OCc2ccc(Br)cc2)c(Br)c1. The lowest BCUT2D eigenvalue weighted by Gasteiger charge is -2.10. The molecule has 0 unspecified atom stereocenters. The molecule has 2 rings (SSSR count). The maximum absolute atomic E-state index is 11.7. The molecule has 0 aliphatic rings. The van der Waals surface area contributed by atoms with E-state index in [0.29, 0.717) is 22.4 Å². The largest absolute Gasteiger partial charge is 0.488 e. The topological polar surface area (TPSA) is 35.5 Å². The molecule has 0 heterocycles. The number of rotatable bonds is 6. The monoisotopic (exact) mass is 424 g/mol. The molecule has 0 radical (unpaired) electrons. The minimum atomic E-state index is -0.389. The van der Waals surface area contributed by atoms with E-state index >= 15 is 0 Å². The Morgan fingerprint density at radius 3 is 2.50 bits per heavy atom. The average Bonchev–Trinajstić information content (AvgIpc) is 2.53. The fourth-order valence-corrected chi connectivity index (χ4v) is 2.46. The Labute approximate surface area is 146 Å². The van der Waals surface area contributed by atoms with Gasteiger partial charge in [0.15, 0.2) is 0 Å². The second-order valence-electron chi connectivity index (χ2n) is 4.45. The summed E-state index contributed by atoms with van der Waals surface area (Å²) in [6.07, 6.45) is 1.53. The van der Waals surface area contributed by atoms with Gasteiger partial charge in [-0.3, -0.25) is 0 Å². The number of carbonyl (C=O) groups is 1. The standard InChI is InChI=1S/C17H14Br2O3/c1-2-9-21-17(20)13-5-8-16(15(19)10-13)22-11-12-3-6-14(18)7-4-12/h2-8,10H,1,9,11H2. The zero-order valence-corrected chi connectivity index (χ0v) is 14.9. The number of hydrogen-bond donors (Lipinski definition) is 0. The van der Waals surface area contributed by atoms with E-state index in [-0.39, 0.29) is 12.6 Å². The maximum atomic E-state index is 11.7. The summed E-state index contributed by atoms with van der Waals surface area (Å²) >= 11 is 6.80. The van der Waals surface area contributed by atoms with Gasteiger partial charge < -0.3 is 9.47 Å². The van der Waals surface area contributed by atoms with Crippen LogP contribution >= 0.6 is 31.9 Å². The van der Waals surface area contributed by atoms with Crippen molar-refractivity contribution in [2.24, 2.45) is 0 Å².